The van der Waals surface area contributed by atoms with Crippen molar-refractivity contribution in [2.45, 2.75) is 32.3 Å². The SMILES string of the molecule is O=C(OCc1ccccc1)C12CCCC(CNC1)C2. The number of nitrogens with one attached hydrogen (secondary N) is 1. The third-order valence-corrected chi connectivity index (χ3v) is 4.49. The van der Waals surface area contributed by atoms with Gasteiger partial charge in [0, 0.05) is 6.54 Å². The van der Waals surface area contributed by atoms with Crippen LogP contribution in [0.2, 0.25) is 0 Å². The molecular formula is C16H21NO2. The number of ether oxygens (including phenoxy) is 1. The highest BCUT2D eigenvalue weighted by Gasteiger charge is 2.46. The molecule has 2 bridgehead atoms. The van der Waals surface area contributed by atoms with E-state index in [9.17, 15) is 4.79 Å². The number of rotatable bonds is 3. The summed E-state index contributed by atoms with van der Waals surface area (Å²) in [5, 5.41) is 3.41. The van der Waals surface area contributed by atoms with Gasteiger partial charge in [-0.3, -0.25) is 4.79 Å². The summed E-state index contributed by atoms with van der Waals surface area (Å²) in [6, 6.07) is 9.91. The van der Waals surface area contributed by atoms with Crippen molar-refractivity contribution in [1.29, 1.82) is 0 Å². The molecular weight excluding hydrogens is 238 g/mol. The molecule has 1 aromatic carbocycles. The van der Waals surface area contributed by atoms with E-state index >= 15 is 0 Å². The highest BCUT2D eigenvalue weighted by atomic mass is 16.5. The summed E-state index contributed by atoms with van der Waals surface area (Å²) in [4.78, 5) is 12.4. The van der Waals surface area contributed by atoms with Crippen molar-refractivity contribution in [3.8, 4) is 0 Å². The summed E-state index contributed by atoms with van der Waals surface area (Å²) >= 11 is 0. The van der Waals surface area contributed by atoms with Crippen LogP contribution in [0, 0.1) is 11.3 Å². The number of hydrogen-bond donors (Lipinski definition) is 1. The molecule has 0 amide bonds. The second kappa shape index (κ2) is 5.33. The van der Waals surface area contributed by atoms with Crippen molar-refractivity contribution < 1.29 is 9.53 Å². The molecule has 3 nitrogen and oxygen atoms in total. The monoisotopic (exact) mass is 259 g/mol. The maximum atomic E-state index is 12.4. The molecule has 3 rings (SSSR count). The van der Waals surface area contributed by atoms with Crippen molar-refractivity contribution in [2.75, 3.05) is 13.1 Å². The van der Waals surface area contributed by atoms with Crippen LogP contribution in [0.25, 0.3) is 0 Å². The number of fused-ring (bicyclic) bond motifs is 2. The van der Waals surface area contributed by atoms with E-state index in [4.69, 9.17) is 4.74 Å². The second-order valence-electron chi connectivity index (χ2n) is 5.94. The van der Waals surface area contributed by atoms with Crippen LogP contribution in [0.4, 0.5) is 0 Å². The van der Waals surface area contributed by atoms with Crippen LogP contribution in [0.1, 0.15) is 31.2 Å². The Morgan fingerprint density at radius 1 is 1.37 bits per heavy atom. The van der Waals surface area contributed by atoms with Crippen molar-refractivity contribution in [1.82, 2.24) is 5.32 Å². The van der Waals surface area contributed by atoms with Gasteiger partial charge < -0.3 is 10.1 Å². The zero-order chi connectivity index (χ0) is 13.1. The Hall–Kier alpha value is -1.35. The predicted octanol–water partition coefficient (Wildman–Crippen LogP) is 2.51. The van der Waals surface area contributed by atoms with Gasteiger partial charge in [0.25, 0.3) is 0 Å². The van der Waals surface area contributed by atoms with E-state index in [0.29, 0.717) is 12.5 Å². The lowest BCUT2D eigenvalue weighted by molar-refractivity contribution is -0.162. The molecule has 1 heterocycles. The Morgan fingerprint density at radius 3 is 3.05 bits per heavy atom. The summed E-state index contributed by atoms with van der Waals surface area (Å²) < 4.78 is 5.57. The second-order valence-corrected chi connectivity index (χ2v) is 5.94. The molecule has 1 saturated heterocycles. The maximum Gasteiger partial charge on any atom is 0.313 e. The minimum atomic E-state index is -0.254. The molecule has 2 fully saturated rings. The lowest BCUT2D eigenvalue weighted by Crippen LogP contribution is -2.51. The molecule has 2 unspecified atom stereocenters. The molecule has 2 aliphatic rings. The van der Waals surface area contributed by atoms with Crippen molar-refractivity contribution in [2.24, 2.45) is 11.3 Å². The smallest absolute Gasteiger partial charge is 0.313 e. The molecule has 1 aromatic rings. The summed E-state index contributed by atoms with van der Waals surface area (Å²) in [5.41, 5.74) is 0.805. The van der Waals surface area contributed by atoms with Gasteiger partial charge in [0.05, 0.1) is 5.41 Å². The lowest BCUT2D eigenvalue weighted by atomic mass is 9.67. The van der Waals surface area contributed by atoms with Crippen LogP contribution in [0.5, 0.6) is 0 Å². The van der Waals surface area contributed by atoms with Crippen molar-refractivity contribution >= 4 is 5.97 Å². The third-order valence-electron chi connectivity index (χ3n) is 4.49. The van der Waals surface area contributed by atoms with Gasteiger partial charge in [-0.1, -0.05) is 36.8 Å². The fourth-order valence-corrected chi connectivity index (χ4v) is 3.47. The minimum Gasteiger partial charge on any atom is -0.460 e. The molecule has 1 saturated carbocycles. The molecule has 0 spiro atoms. The Kier molecular flexibility index (Phi) is 3.56. The van der Waals surface area contributed by atoms with Crippen molar-refractivity contribution in [3.05, 3.63) is 35.9 Å². The summed E-state index contributed by atoms with van der Waals surface area (Å²) in [6.45, 7) is 2.25. The van der Waals surface area contributed by atoms with E-state index in [1.165, 1.54) is 6.42 Å². The molecule has 1 aliphatic heterocycles. The first-order chi connectivity index (χ1) is 9.28. The average molecular weight is 259 g/mol. The molecule has 1 N–H and O–H groups in total. The van der Waals surface area contributed by atoms with Gasteiger partial charge in [-0.25, -0.2) is 0 Å². The van der Waals surface area contributed by atoms with Crippen LogP contribution < -0.4 is 5.32 Å². The number of esters is 1. The van der Waals surface area contributed by atoms with Crippen LogP contribution in [-0.2, 0) is 16.1 Å². The minimum absolute atomic E-state index is 0.00625. The van der Waals surface area contributed by atoms with E-state index in [1.807, 2.05) is 30.3 Å². The van der Waals surface area contributed by atoms with E-state index in [0.717, 1.165) is 37.9 Å². The van der Waals surface area contributed by atoms with Gasteiger partial charge >= 0.3 is 5.97 Å². The highest BCUT2D eigenvalue weighted by molar-refractivity contribution is 5.77. The largest absolute Gasteiger partial charge is 0.460 e. The fraction of sp³-hybridized carbons (Fsp3) is 0.562. The first-order valence-corrected chi connectivity index (χ1v) is 7.20. The Balaban J connectivity index is 1.63. The van der Waals surface area contributed by atoms with Crippen molar-refractivity contribution in [3.63, 3.8) is 0 Å². The normalized spacial score (nSPS) is 29.8. The van der Waals surface area contributed by atoms with Gasteiger partial charge in [-0.05, 0) is 37.3 Å². The van der Waals surface area contributed by atoms with Gasteiger partial charge in [-0.15, -0.1) is 0 Å². The number of piperidine rings is 1. The number of hydrogen-bond acceptors (Lipinski definition) is 3. The molecule has 1 aliphatic carbocycles. The summed E-state index contributed by atoms with van der Waals surface area (Å²) in [7, 11) is 0. The lowest BCUT2D eigenvalue weighted by Gasteiger charge is -2.43. The fourth-order valence-electron chi connectivity index (χ4n) is 3.47. The molecule has 102 valence electrons. The zero-order valence-corrected chi connectivity index (χ0v) is 11.2. The van der Waals surface area contributed by atoms with E-state index in [2.05, 4.69) is 5.32 Å². The Morgan fingerprint density at radius 2 is 2.21 bits per heavy atom. The number of carbonyl (C=O) groups is 1. The van der Waals surface area contributed by atoms with E-state index in [-0.39, 0.29) is 11.4 Å². The molecule has 2 atom stereocenters. The van der Waals surface area contributed by atoms with Gasteiger partial charge in [0.1, 0.15) is 6.61 Å². The van der Waals surface area contributed by atoms with E-state index in [1.54, 1.807) is 0 Å². The molecule has 3 heteroatoms. The molecule has 0 aromatic heterocycles. The predicted molar refractivity (Wildman–Crippen MR) is 73.5 cm³/mol. The summed E-state index contributed by atoms with van der Waals surface area (Å²) in [5.74, 6) is 0.653. The van der Waals surface area contributed by atoms with E-state index < -0.39 is 0 Å². The number of benzene rings is 1. The first-order valence-electron chi connectivity index (χ1n) is 7.20. The maximum absolute atomic E-state index is 12.4. The summed E-state index contributed by atoms with van der Waals surface area (Å²) in [6.07, 6.45) is 4.39. The average Bonchev–Trinajstić information content (AvgIpc) is 2.46. The van der Waals surface area contributed by atoms with Crippen LogP contribution in [0.15, 0.2) is 30.3 Å². The Labute approximate surface area is 114 Å². The van der Waals surface area contributed by atoms with Gasteiger partial charge in [0.2, 0.25) is 0 Å². The Bertz CT molecular complexity index is 433. The topological polar surface area (TPSA) is 38.3 Å². The number of carbonyl (C=O) groups excluding carboxylic acids is 1. The molecule has 19 heavy (non-hydrogen) atoms. The zero-order valence-electron chi connectivity index (χ0n) is 11.2. The van der Waals surface area contributed by atoms with Gasteiger partial charge in [-0.2, -0.15) is 0 Å². The van der Waals surface area contributed by atoms with Crippen LogP contribution in [-0.4, -0.2) is 19.1 Å². The first kappa shape index (κ1) is 12.7. The van der Waals surface area contributed by atoms with Crippen LogP contribution >= 0.6 is 0 Å². The molecule has 0 radical (unpaired) electrons. The van der Waals surface area contributed by atoms with Gasteiger partial charge in [0.15, 0.2) is 0 Å². The quantitative estimate of drug-likeness (QED) is 0.848. The third kappa shape index (κ3) is 2.66. The highest BCUT2D eigenvalue weighted by Crippen LogP contribution is 2.42. The van der Waals surface area contributed by atoms with Crippen LogP contribution in [0.3, 0.4) is 0 Å². The standard InChI is InChI=1S/C16H21NO2/c18-15(19-11-13-5-2-1-3-6-13)16-8-4-7-14(9-16)10-17-12-16/h1-3,5-6,14,17H,4,7-12H2.